The molecule has 0 saturated heterocycles. The predicted molar refractivity (Wildman–Crippen MR) is 146 cm³/mol. The minimum absolute atomic E-state index is 0.0157. The number of amides is 2. The number of carbonyl (C=O) groups is 3. The summed E-state index contributed by atoms with van der Waals surface area (Å²) in [7, 11) is 3.72. The monoisotopic (exact) mass is 543 g/mol. The van der Waals surface area contributed by atoms with E-state index in [1.54, 1.807) is 13.1 Å². The molecule has 12 heteroatoms. The lowest BCUT2D eigenvalue weighted by atomic mass is 9.65. The van der Waals surface area contributed by atoms with Crippen molar-refractivity contribution in [3.05, 3.63) is 23.3 Å². The van der Waals surface area contributed by atoms with E-state index in [1.165, 1.54) is 4.90 Å². The number of ketones is 1. The first-order valence-electron chi connectivity index (χ1n) is 13.7. The zero-order valence-corrected chi connectivity index (χ0v) is 23.0. The third-order valence-electron chi connectivity index (χ3n) is 8.25. The molecule has 5 atom stereocenters. The van der Waals surface area contributed by atoms with Crippen molar-refractivity contribution in [2.75, 3.05) is 40.3 Å². The van der Waals surface area contributed by atoms with E-state index in [9.17, 15) is 14.4 Å². The molecule has 1 heterocycles. The summed E-state index contributed by atoms with van der Waals surface area (Å²) < 4.78 is 12.0. The van der Waals surface area contributed by atoms with Gasteiger partial charge in [-0.1, -0.05) is 13.0 Å². The van der Waals surface area contributed by atoms with E-state index < -0.39 is 18.2 Å². The van der Waals surface area contributed by atoms with Gasteiger partial charge >= 0.3 is 6.09 Å². The summed E-state index contributed by atoms with van der Waals surface area (Å²) in [5.74, 6) is 0.808. The largest absolute Gasteiger partial charge is 0.478 e. The number of nitrogens with one attached hydrogen (secondary N) is 3. The fourth-order valence-electron chi connectivity index (χ4n) is 6.00. The molecule has 12 nitrogen and oxygen atoms in total. The summed E-state index contributed by atoms with van der Waals surface area (Å²) in [6.45, 7) is 3.98. The van der Waals surface area contributed by atoms with Crippen molar-refractivity contribution in [3.8, 4) is 11.5 Å². The van der Waals surface area contributed by atoms with E-state index in [1.807, 2.05) is 6.07 Å². The van der Waals surface area contributed by atoms with Crippen LogP contribution in [0.25, 0.3) is 0 Å². The number of hydrogen-bond donors (Lipinski definition) is 5. The molecule has 1 aromatic carbocycles. The van der Waals surface area contributed by atoms with E-state index in [4.69, 9.17) is 26.4 Å². The molecule has 1 aromatic rings. The molecule has 2 unspecified atom stereocenters. The highest BCUT2D eigenvalue weighted by Crippen LogP contribution is 2.56. The summed E-state index contributed by atoms with van der Waals surface area (Å²) in [5.41, 5.74) is 13.3. The number of nitrogens with two attached hydrogens (primary N) is 2. The van der Waals surface area contributed by atoms with Crippen LogP contribution in [0.3, 0.4) is 0 Å². The quantitative estimate of drug-likeness (QED) is 0.151. The molecule has 7 N–H and O–H groups in total. The van der Waals surface area contributed by atoms with Crippen LogP contribution < -0.4 is 31.6 Å². The second kappa shape index (κ2) is 12.2. The average Bonchev–Trinajstić information content (AvgIpc) is 3.33. The molecule has 0 aromatic heterocycles. The number of rotatable bonds is 11. The Balaban J connectivity index is 1.35. The third kappa shape index (κ3) is 6.11. The molecule has 39 heavy (non-hydrogen) atoms. The van der Waals surface area contributed by atoms with Gasteiger partial charge in [-0.15, -0.1) is 0 Å². The van der Waals surface area contributed by atoms with Gasteiger partial charge in [0.1, 0.15) is 0 Å². The molecule has 3 aliphatic rings. The van der Waals surface area contributed by atoms with Gasteiger partial charge in [-0.05, 0) is 56.8 Å². The lowest BCUT2D eigenvalue weighted by Gasteiger charge is -2.44. The maximum Gasteiger partial charge on any atom is 0.415 e. The van der Waals surface area contributed by atoms with Crippen LogP contribution in [0, 0.1) is 11.3 Å². The lowest BCUT2D eigenvalue weighted by Crippen LogP contribution is -2.50. The van der Waals surface area contributed by atoms with Crippen LogP contribution in [-0.2, 0) is 16.0 Å². The number of likely N-dealkylation sites (N-methyl/N-ethyl adjacent to an activating group) is 2. The first kappa shape index (κ1) is 28.6. The molecule has 1 saturated carbocycles. The van der Waals surface area contributed by atoms with Crippen LogP contribution >= 0.6 is 0 Å². The summed E-state index contributed by atoms with van der Waals surface area (Å²) in [4.78, 5) is 41.7. The van der Waals surface area contributed by atoms with E-state index in [0.717, 1.165) is 30.5 Å². The van der Waals surface area contributed by atoms with Crippen LogP contribution in [0.1, 0.15) is 49.7 Å². The second-order valence-corrected chi connectivity index (χ2v) is 10.7. The first-order valence-corrected chi connectivity index (χ1v) is 13.7. The fourth-order valence-corrected chi connectivity index (χ4v) is 6.00. The Hall–Kier alpha value is -3.38. The predicted octanol–water partition coefficient (Wildman–Crippen LogP) is 0.524. The van der Waals surface area contributed by atoms with Crippen molar-refractivity contribution in [1.82, 2.24) is 20.4 Å². The van der Waals surface area contributed by atoms with Crippen LogP contribution in [0.15, 0.2) is 12.1 Å². The first-order chi connectivity index (χ1) is 18.6. The number of carbonyl (C=O) groups excluding carboxylic acids is 3. The van der Waals surface area contributed by atoms with Gasteiger partial charge in [0, 0.05) is 50.6 Å². The van der Waals surface area contributed by atoms with E-state index >= 15 is 0 Å². The molecule has 0 bridgehead atoms. The van der Waals surface area contributed by atoms with Crippen molar-refractivity contribution < 1.29 is 23.9 Å². The molecule has 2 amide bonds. The van der Waals surface area contributed by atoms with Gasteiger partial charge < -0.3 is 41.4 Å². The van der Waals surface area contributed by atoms with Gasteiger partial charge in [0.05, 0.1) is 6.04 Å². The third-order valence-corrected chi connectivity index (χ3v) is 8.25. The Kier molecular flexibility index (Phi) is 8.96. The zero-order chi connectivity index (χ0) is 28.3. The highest BCUT2D eigenvalue weighted by atomic mass is 16.6. The molecule has 214 valence electrons. The Labute approximate surface area is 229 Å². The van der Waals surface area contributed by atoms with Crippen LogP contribution in [0.2, 0.25) is 0 Å². The minimum atomic E-state index is -0.695. The molecule has 1 fully saturated rings. The maximum atomic E-state index is 12.9. The SMILES string of the molecule is CCN(C)[C@@H]1Cc2ccc(OC(=O)N(C)CCNC(=O)[C@@H](N)CCCNC(=N)N)c3c2C2C1CCC(=O)[C@@H]2O3. The van der Waals surface area contributed by atoms with Gasteiger partial charge in [-0.25, -0.2) is 4.79 Å². The molecular weight excluding hydrogens is 502 g/mol. The molecule has 4 rings (SSSR count). The summed E-state index contributed by atoms with van der Waals surface area (Å²) in [6, 6.07) is 3.40. The van der Waals surface area contributed by atoms with Gasteiger partial charge in [-0.2, -0.15) is 0 Å². The standard InChI is InChI=1S/C27H41N7O5/c1-4-33(2)18-14-15-7-10-20(24-21(15)22-16(18)8-9-19(35)23(22)39-24)38-27(37)34(3)13-12-31-25(36)17(28)6-5-11-32-26(29)30/h7,10,16-18,22-23H,4-6,8-9,11-14,28H2,1-3H3,(H,31,36)(H4,29,30,32)/t16?,17-,18+,22?,23-/m0/s1. The van der Waals surface area contributed by atoms with Crippen molar-refractivity contribution in [2.24, 2.45) is 17.4 Å². The summed E-state index contributed by atoms with van der Waals surface area (Å²) in [5, 5.41) is 12.5. The maximum absolute atomic E-state index is 12.9. The minimum Gasteiger partial charge on any atom is -0.478 e. The zero-order valence-electron chi connectivity index (χ0n) is 23.0. The van der Waals surface area contributed by atoms with E-state index in [2.05, 4.69) is 29.5 Å². The number of nitrogens with zero attached hydrogens (tertiary/aromatic N) is 2. The Morgan fingerprint density at radius 2 is 2.03 bits per heavy atom. The number of Topliss-reactive ketones (excluding diaryl/α,β-unsaturated/α-hetero) is 1. The second-order valence-electron chi connectivity index (χ2n) is 10.7. The van der Waals surface area contributed by atoms with Gasteiger partial charge in [0.2, 0.25) is 5.91 Å². The number of guanidine groups is 1. The Bertz CT molecular complexity index is 1110. The van der Waals surface area contributed by atoms with Crippen molar-refractivity contribution in [3.63, 3.8) is 0 Å². The van der Waals surface area contributed by atoms with Crippen LogP contribution in [0.5, 0.6) is 11.5 Å². The summed E-state index contributed by atoms with van der Waals surface area (Å²) >= 11 is 0. The Morgan fingerprint density at radius 1 is 1.26 bits per heavy atom. The highest BCUT2D eigenvalue weighted by Gasteiger charge is 2.53. The molecule has 1 aliphatic heterocycles. The normalized spacial score (nSPS) is 23.5. The van der Waals surface area contributed by atoms with Crippen LogP contribution in [0.4, 0.5) is 4.79 Å². The van der Waals surface area contributed by atoms with Crippen molar-refractivity contribution in [1.29, 1.82) is 5.41 Å². The lowest BCUT2D eigenvalue weighted by molar-refractivity contribution is -0.130. The summed E-state index contributed by atoms with van der Waals surface area (Å²) in [6.07, 6.45) is 2.14. The smallest absolute Gasteiger partial charge is 0.415 e. The van der Waals surface area contributed by atoms with Crippen LogP contribution in [-0.4, -0.2) is 92.0 Å². The van der Waals surface area contributed by atoms with E-state index in [0.29, 0.717) is 49.3 Å². The van der Waals surface area contributed by atoms with E-state index in [-0.39, 0.29) is 36.7 Å². The fraction of sp³-hybridized carbons (Fsp3) is 0.630. The average molecular weight is 544 g/mol. The highest BCUT2D eigenvalue weighted by molar-refractivity contribution is 5.88. The van der Waals surface area contributed by atoms with Crippen molar-refractivity contribution >= 4 is 23.7 Å². The van der Waals surface area contributed by atoms with Gasteiger partial charge in [-0.3, -0.25) is 15.0 Å². The number of hydrogen-bond acceptors (Lipinski definition) is 8. The molecule has 0 spiro atoms. The van der Waals surface area contributed by atoms with Crippen molar-refractivity contribution in [2.45, 2.75) is 63.1 Å². The van der Waals surface area contributed by atoms with Gasteiger partial charge in [0.15, 0.2) is 29.3 Å². The number of ether oxygens (including phenoxy) is 2. The molecule has 0 radical (unpaired) electrons. The number of benzene rings is 1. The molecular formula is C27H41N7O5. The topological polar surface area (TPSA) is 176 Å². The molecule has 2 aliphatic carbocycles. The Morgan fingerprint density at radius 3 is 2.74 bits per heavy atom. The van der Waals surface area contributed by atoms with Gasteiger partial charge in [0.25, 0.3) is 0 Å².